The molecule has 0 atom stereocenters. The monoisotopic (exact) mass is 267 g/mol. The quantitative estimate of drug-likeness (QED) is 0.867. The van der Waals surface area contributed by atoms with E-state index in [2.05, 4.69) is 23.6 Å². The highest BCUT2D eigenvalue weighted by atomic mass is 35.5. The number of nitrogens with one attached hydrogen (secondary N) is 2. The lowest BCUT2D eigenvalue weighted by Gasteiger charge is -2.29. The van der Waals surface area contributed by atoms with E-state index in [0.717, 1.165) is 30.9 Å². The number of benzene rings is 1. The third kappa shape index (κ3) is 3.15. The zero-order valence-corrected chi connectivity index (χ0v) is 11.3. The van der Waals surface area contributed by atoms with Crippen molar-refractivity contribution in [3.8, 4) is 0 Å². The van der Waals surface area contributed by atoms with Crippen LogP contribution in [-0.4, -0.2) is 32.1 Å². The summed E-state index contributed by atoms with van der Waals surface area (Å²) in [6.45, 7) is 5.68. The summed E-state index contributed by atoms with van der Waals surface area (Å²) in [5.41, 5.74) is 2.10. The number of piperazine rings is 1. The first-order valence-corrected chi connectivity index (χ1v) is 6.59. The van der Waals surface area contributed by atoms with Gasteiger partial charge >= 0.3 is 0 Å². The van der Waals surface area contributed by atoms with E-state index in [1.165, 1.54) is 0 Å². The van der Waals surface area contributed by atoms with E-state index in [4.69, 9.17) is 11.6 Å². The summed E-state index contributed by atoms with van der Waals surface area (Å²) in [5.74, 6) is 0.0500. The van der Waals surface area contributed by atoms with Crippen LogP contribution >= 0.6 is 11.6 Å². The van der Waals surface area contributed by atoms with Crippen molar-refractivity contribution in [1.82, 2.24) is 10.6 Å². The zero-order valence-electron chi connectivity index (χ0n) is 10.5. The van der Waals surface area contributed by atoms with Crippen molar-refractivity contribution in [2.24, 2.45) is 0 Å². The molecule has 1 saturated heterocycles. The topological polar surface area (TPSA) is 44.4 Å². The Morgan fingerprint density at radius 2 is 2.33 bits per heavy atom. The maximum Gasteiger partial charge on any atom is 0.239 e. The van der Waals surface area contributed by atoms with E-state index in [9.17, 15) is 4.79 Å². The van der Waals surface area contributed by atoms with Crippen LogP contribution in [0.25, 0.3) is 0 Å². The molecule has 1 aromatic rings. The van der Waals surface area contributed by atoms with Crippen LogP contribution in [0.15, 0.2) is 18.2 Å². The number of anilines is 1. The second-order valence-electron chi connectivity index (χ2n) is 4.34. The lowest BCUT2D eigenvalue weighted by atomic mass is 10.1. The van der Waals surface area contributed by atoms with Crippen molar-refractivity contribution in [1.29, 1.82) is 0 Å². The highest BCUT2D eigenvalue weighted by Gasteiger charge is 2.18. The molecule has 2 rings (SSSR count). The fourth-order valence-corrected chi connectivity index (χ4v) is 2.35. The minimum absolute atomic E-state index is 0.0500. The molecule has 1 aromatic carbocycles. The van der Waals surface area contributed by atoms with Crippen LogP contribution in [0.2, 0.25) is 5.02 Å². The number of carbonyl (C=O) groups excluding carboxylic acids is 1. The third-order valence-electron chi connectivity index (χ3n) is 2.97. The minimum atomic E-state index is 0.0500. The maximum absolute atomic E-state index is 11.4. The van der Waals surface area contributed by atoms with Crippen molar-refractivity contribution in [3.05, 3.63) is 28.8 Å². The van der Waals surface area contributed by atoms with Gasteiger partial charge in [0, 0.05) is 19.6 Å². The van der Waals surface area contributed by atoms with Crippen LogP contribution in [0.1, 0.15) is 12.5 Å². The number of rotatable bonds is 4. The van der Waals surface area contributed by atoms with Gasteiger partial charge in [0.1, 0.15) is 0 Å². The fraction of sp³-hybridized carbons (Fsp3) is 0.462. The molecule has 18 heavy (non-hydrogen) atoms. The van der Waals surface area contributed by atoms with E-state index in [1.54, 1.807) is 0 Å². The first-order valence-electron chi connectivity index (χ1n) is 6.21. The Labute approximate surface area is 112 Å². The Hall–Kier alpha value is -1.26. The molecule has 1 fully saturated rings. The smallest absolute Gasteiger partial charge is 0.239 e. The molecule has 0 saturated carbocycles. The summed E-state index contributed by atoms with van der Waals surface area (Å²) < 4.78 is 0. The Bertz CT molecular complexity index is 436. The van der Waals surface area contributed by atoms with Crippen molar-refractivity contribution < 1.29 is 4.79 Å². The minimum Gasteiger partial charge on any atom is -0.359 e. The number of hydrogen-bond acceptors (Lipinski definition) is 3. The molecule has 98 valence electrons. The van der Waals surface area contributed by atoms with E-state index in [0.29, 0.717) is 18.1 Å². The average Bonchev–Trinajstić information content (AvgIpc) is 2.36. The van der Waals surface area contributed by atoms with Gasteiger partial charge in [-0.1, -0.05) is 24.6 Å². The molecule has 0 radical (unpaired) electrons. The highest BCUT2D eigenvalue weighted by Crippen LogP contribution is 2.27. The molecule has 1 heterocycles. The third-order valence-corrected chi connectivity index (χ3v) is 3.27. The zero-order chi connectivity index (χ0) is 13.0. The molecular formula is C13H18ClN3O. The SMILES string of the molecule is CCNCc1ccc(N2CCNC(=O)C2)c(Cl)c1. The van der Waals surface area contributed by atoms with Gasteiger partial charge in [-0.3, -0.25) is 4.79 Å². The van der Waals surface area contributed by atoms with E-state index < -0.39 is 0 Å². The maximum atomic E-state index is 11.4. The number of hydrogen-bond donors (Lipinski definition) is 2. The average molecular weight is 268 g/mol. The lowest BCUT2D eigenvalue weighted by Crippen LogP contribution is -2.47. The second-order valence-corrected chi connectivity index (χ2v) is 4.74. The molecule has 5 heteroatoms. The van der Waals surface area contributed by atoms with Gasteiger partial charge in [0.15, 0.2) is 0 Å². The standard InChI is InChI=1S/C13H18ClN3O/c1-2-15-8-10-3-4-12(11(14)7-10)17-6-5-16-13(18)9-17/h3-4,7,15H,2,5-6,8-9H2,1H3,(H,16,18). The van der Waals surface area contributed by atoms with E-state index in [1.807, 2.05) is 17.0 Å². The van der Waals surface area contributed by atoms with Crippen LogP contribution in [0.5, 0.6) is 0 Å². The van der Waals surface area contributed by atoms with Crippen LogP contribution in [-0.2, 0) is 11.3 Å². The summed E-state index contributed by atoms with van der Waals surface area (Å²) in [6.07, 6.45) is 0. The molecule has 0 aromatic heterocycles. The Morgan fingerprint density at radius 3 is 3.00 bits per heavy atom. The van der Waals surface area contributed by atoms with Crippen molar-refractivity contribution in [2.75, 3.05) is 31.1 Å². The van der Waals surface area contributed by atoms with Gasteiger partial charge in [-0.05, 0) is 24.2 Å². The molecule has 0 aliphatic carbocycles. The molecule has 1 aliphatic rings. The predicted octanol–water partition coefficient (Wildman–Crippen LogP) is 1.39. The molecule has 0 bridgehead atoms. The molecule has 1 aliphatic heterocycles. The lowest BCUT2D eigenvalue weighted by molar-refractivity contribution is -0.120. The van der Waals surface area contributed by atoms with E-state index in [-0.39, 0.29) is 5.91 Å². The normalized spacial score (nSPS) is 15.7. The van der Waals surface area contributed by atoms with Crippen LogP contribution in [0.4, 0.5) is 5.69 Å². The van der Waals surface area contributed by atoms with Gasteiger partial charge in [0.05, 0.1) is 17.3 Å². The molecule has 4 nitrogen and oxygen atoms in total. The van der Waals surface area contributed by atoms with Crippen LogP contribution < -0.4 is 15.5 Å². The van der Waals surface area contributed by atoms with Crippen LogP contribution in [0.3, 0.4) is 0 Å². The van der Waals surface area contributed by atoms with Crippen molar-refractivity contribution in [3.63, 3.8) is 0 Å². The summed E-state index contributed by atoms with van der Waals surface area (Å²) in [7, 11) is 0. The molecule has 0 spiro atoms. The van der Waals surface area contributed by atoms with Crippen molar-refractivity contribution in [2.45, 2.75) is 13.5 Å². The molecular weight excluding hydrogens is 250 g/mol. The second kappa shape index (κ2) is 6.07. The summed E-state index contributed by atoms with van der Waals surface area (Å²) >= 11 is 6.29. The summed E-state index contributed by atoms with van der Waals surface area (Å²) in [5, 5.41) is 6.78. The fourth-order valence-electron chi connectivity index (χ4n) is 2.03. The highest BCUT2D eigenvalue weighted by molar-refractivity contribution is 6.33. The molecule has 0 unspecified atom stereocenters. The number of amides is 1. The Kier molecular flexibility index (Phi) is 4.44. The number of nitrogens with zero attached hydrogens (tertiary/aromatic N) is 1. The molecule has 2 N–H and O–H groups in total. The van der Waals surface area contributed by atoms with Gasteiger partial charge in [0.2, 0.25) is 5.91 Å². The first kappa shape index (κ1) is 13.2. The van der Waals surface area contributed by atoms with Gasteiger partial charge in [0.25, 0.3) is 0 Å². The summed E-state index contributed by atoms with van der Waals surface area (Å²) in [6, 6.07) is 6.01. The van der Waals surface area contributed by atoms with Gasteiger partial charge in [-0.25, -0.2) is 0 Å². The van der Waals surface area contributed by atoms with E-state index >= 15 is 0 Å². The van der Waals surface area contributed by atoms with Gasteiger partial charge in [-0.2, -0.15) is 0 Å². The van der Waals surface area contributed by atoms with Gasteiger partial charge < -0.3 is 15.5 Å². The number of carbonyl (C=O) groups is 1. The van der Waals surface area contributed by atoms with Gasteiger partial charge in [-0.15, -0.1) is 0 Å². The molecule has 1 amide bonds. The predicted molar refractivity (Wildman–Crippen MR) is 74.1 cm³/mol. The van der Waals surface area contributed by atoms with Crippen LogP contribution in [0, 0.1) is 0 Å². The Balaban J connectivity index is 2.11. The number of halogens is 1. The summed E-state index contributed by atoms with van der Waals surface area (Å²) in [4.78, 5) is 13.4. The largest absolute Gasteiger partial charge is 0.359 e. The first-order chi connectivity index (χ1) is 8.70. The van der Waals surface area contributed by atoms with Crippen molar-refractivity contribution >= 4 is 23.2 Å². The Morgan fingerprint density at radius 1 is 1.50 bits per heavy atom.